The molecule has 2 atom stereocenters. The van der Waals surface area contributed by atoms with Crippen LogP contribution in [0.25, 0.3) is 0 Å². The molecular formula is C12H16ClNO. The van der Waals surface area contributed by atoms with Crippen LogP contribution in [0, 0.1) is 6.92 Å². The van der Waals surface area contributed by atoms with Crippen molar-refractivity contribution in [3.63, 3.8) is 0 Å². The summed E-state index contributed by atoms with van der Waals surface area (Å²) in [6, 6.07) is 6.00. The number of aliphatic hydroxyl groups is 1. The van der Waals surface area contributed by atoms with Crippen molar-refractivity contribution in [2.75, 3.05) is 5.32 Å². The second kappa shape index (κ2) is 4.42. The average Bonchev–Trinajstić information content (AvgIpc) is 2.60. The van der Waals surface area contributed by atoms with Crippen LogP contribution in [0.15, 0.2) is 18.2 Å². The number of anilines is 1. The Bertz CT molecular complexity index is 353. The van der Waals surface area contributed by atoms with E-state index in [1.54, 1.807) is 0 Å². The number of aliphatic hydroxyl groups excluding tert-OH is 1. The van der Waals surface area contributed by atoms with Gasteiger partial charge in [0.15, 0.2) is 0 Å². The molecule has 2 N–H and O–H groups in total. The number of halogens is 1. The van der Waals surface area contributed by atoms with E-state index in [2.05, 4.69) is 5.32 Å². The molecule has 0 aliphatic heterocycles. The number of hydrogen-bond donors (Lipinski definition) is 2. The summed E-state index contributed by atoms with van der Waals surface area (Å²) >= 11 is 6.03. The Balaban J connectivity index is 2.13. The highest BCUT2D eigenvalue weighted by atomic mass is 35.5. The van der Waals surface area contributed by atoms with Crippen LogP contribution in [0.2, 0.25) is 5.02 Å². The fraction of sp³-hybridized carbons (Fsp3) is 0.500. The van der Waals surface area contributed by atoms with Crippen LogP contribution in [0.5, 0.6) is 0 Å². The van der Waals surface area contributed by atoms with Gasteiger partial charge in [-0.1, -0.05) is 17.7 Å². The lowest BCUT2D eigenvalue weighted by atomic mass is 10.1. The first-order valence-corrected chi connectivity index (χ1v) is 5.76. The van der Waals surface area contributed by atoms with Crippen LogP contribution in [0.3, 0.4) is 0 Å². The summed E-state index contributed by atoms with van der Waals surface area (Å²) in [5.41, 5.74) is 2.09. The third-order valence-corrected chi connectivity index (χ3v) is 3.50. The summed E-state index contributed by atoms with van der Waals surface area (Å²) in [5, 5.41) is 13.9. The summed E-state index contributed by atoms with van der Waals surface area (Å²) in [5.74, 6) is 0. The molecule has 0 spiro atoms. The molecule has 82 valence electrons. The summed E-state index contributed by atoms with van der Waals surface area (Å²) in [7, 11) is 0. The maximum atomic E-state index is 9.71. The molecule has 3 heteroatoms. The van der Waals surface area contributed by atoms with E-state index in [4.69, 9.17) is 11.6 Å². The maximum Gasteiger partial charge on any atom is 0.0741 e. The maximum absolute atomic E-state index is 9.71. The van der Waals surface area contributed by atoms with Crippen LogP contribution in [-0.2, 0) is 0 Å². The van der Waals surface area contributed by atoms with Gasteiger partial charge in [-0.2, -0.15) is 0 Å². The van der Waals surface area contributed by atoms with Gasteiger partial charge < -0.3 is 10.4 Å². The second-order valence-corrected chi connectivity index (χ2v) is 4.57. The minimum atomic E-state index is -0.219. The molecule has 15 heavy (non-hydrogen) atoms. The Kier molecular flexibility index (Phi) is 3.17. The van der Waals surface area contributed by atoms with Crippen molar-refractivity contribution in [3.05, 3.63) is 28.8 Å². The van der Waals surface area contributed by atoms with E-state index in [0.29, 0.717) is 0 Å². The van der Waals surface area contributed by atoms with Gasteiger partial charge in [-0.3, -0.25) is 0 Å². The highest BCUT2D eigenvalue weighted by molar-refractivity contribution is 6.31. The van der Waals surface area contributed by atoms with Gasteiger partial charge in [0.05, 0.1) is 12.1 Å². The van der Waals surface area contributed by atoms with E-state index >= 15 is 0 Å². The molecular weight excluding hydrogens is 210 g/mol. The highest BCUT2D eigenvalue weighted by Gasteiger charge is 2.25. The zero-order chi connectivity index (χ0) is 10.8. The van der Waals surface area contributed by atoms with Gasteiger partial charge in [-0.05, 0) is 43.9 Å². The highest BCUT2D eigenvalue weighted by Crippen LogP contribution is 2.27. The van der Waals surface area contributed by atoms with Crippen LogP contribution < -0.4 is 5.32 Å². The first kappa shape index (κ1) is 10.8. The van der Waals surface area contributed by atoms with Crippen molar-refractivity contribution >= 4 is 17.3 Å². The topological polar surface area (TPSA) is 32.3 Å². The smallest absolute Gasteiger partial charge is 0.0741 e. The van der Waals surface area contributed by atoms with Gasteiger partial charge in [0.25, 0.3) is 0 Å². The number of rotatable bonds is 2. The SMILES string of the molecule is Cc1c(Cl)cccc1N[C@H]1CCC[C@@H]1O. The van der Waals surface area contributed by atoms with Crippen LogP contribution in [0.1, 0.15) is 24.8 Å². The predicted octanol–water partition coefficient (Wildman–Crippen LogP) is 2.97. The molecule has 2 nitrogen and oxygen atoms in total. The lowest BCUT2D eigenvalue weighted by Crippen LogP contribution is -2.28. The van der Waals surface area contributed by atoms with Crippen molar-refractivity contribution in [2.45, 2.75) is 38.3 Å². The minimum Gasteiger partial charge on any atom is -0.391 e. The van der Waals surface area contributed by atoms with Gasteiger partial charge in [0, 0.05) is 10.7 Å². The van der Waals surface area contributed by atoms with E-state index in [1.807, 2.05) is 25.1 Å². The van der Waals surface area contributed by atoms with E-state index in [-0.39, 0.29) is 12.1 Å². The molecule has 1 fully saturated rings. The monoisotopic (exact) mass is 225 g/mol. The minimum absolute atomic E-state index is 0.183. The fourth-order valence-corrected chi connectivity index (χ4v) is 2.25. The van der Waals surface area contributed by atoms with Gasteiger partial charge in [0.2, 0.25) is 0 Å². The molecule has 0 radical (unpaired) electrons. The van der Waals surface area contributed by atoms with E-state index < -0.39 is 0 Å². The molecule has 1 aromatic rings. The average molecular weight is 226 g/mol. The van der Waals surface area contributed by atoms with E-state index in [1.165, 1.54) is 0 Å². The van der Waals surface area contributed by atoms with Crippen LogP contribution >= 0.6 is 11.6 Å². The zero-order valence-corrected chi connectivity index (χ0v) is 9.59. The van der Waals surface area contributed by atoms with Crippen molar-refractivity contribution in [1.82, 2.24) is 0 Å². The van der Waals surface area contributed by atoms with Crippen molar-refractivity contribution in [2.24, 2.45) is 0 Å². The third kappa shape index (κ3) is 2.27. The lowest BCUT2D eigenvalue weighted by molar-refractivity contribution is 0.172. The Labute approximate surface area is 95.3 Å². The Morgan fingerprint density at radius 2 is 2.20 bits per heavy atom. The third-order valence-electron chi connectivity index (χ3n) is 3.09. The molecule has 1 aliphatic rings. The van der Waals surface area contributed by atoms with Gasteiger partial charge in [0.1, 0.15) is 0 Å². The molecule has 0 unspecified atom stereocenters. The predicted molar refractivity (Wildman–Crippen MR) is 63.5 cm³/mol. The molecule has 0 bridgehead atoms. The first-order chi connectivity index (χ1) is 7.18. The van der Waals surface area contributed by atoms with Crippen molar-refractivity contribution < 1.29 is 5.11 Å². The van der Waals surface area contributed by atoms with E-state index in [9.17, 15) is 5.11 Å². The largest absolute Gasteiger partial charge is 0.391 e. The standard InChI is InChI=1S/C12H16ClNO/c1-8-9(13)4-2-5-10(8)14-11-6-3-7-12(11)15/h2,4-5,11-12,14-15H,3,6-7H2,1H3/t11-,12-/m0/s1. The molecule has 1 saturated carbocycles. The lowest BCUT2D eigenvalue weighted by Gasteiger charge is -2.19. The van der Waals surface area contributed by atoms with Crippen LogP contribution in [-0.4, -0.2) is 17.3 Å². The Hall–Kier alpha value is -0.730. The second-order valence-electron chi connectivity index (χ2n) is 4.16. The number of hydrogen-bond acceptors (Lipinski definition) is 2. The van der Waals surface area contributed by atoms with Crippen molar-refractivity contribution in [3.8, 4) is 0 Å². The molecule has 0 heterocycles. The normalized spacial score (nSPS) is 25.5. The van der Waals surface area contributed by atoms with E-state index in [0.717, 1.165) is 35.5 Å². The fourth-order valence-electron chi connectivity index (χ4n) is 2.07. The van der Waals surface area contributed by atoms with Gasteiger partial charge >= 0.3 is 0 Å². The number of benzene rings is 1. The number of nitrogens with one attached hydrogen (secondary N) is 1. The summed E-state index contributed by atoms with van der Waals surface area (Å²) < 4.78 is 0. The van der Waals surface area contributed by atoms with Crippen molar-refractivity contribution in [1.29, 1.82) is 0 Å². The molecule has 0 saturated heterocycles. The first-order valence-electron chi connectivity index (χ1n) is 5.38. The summed E-state index contributed by atoms with van der Waals surface area (Å²) in [6.45, 7) is 1.99. The van der Waals surface area contributed by atoms with Gasteiger partial charge in [-0.15, -0.1) is 0 Å². The quantitative estimate of drug-likeness (QED) is 0.811. The Morgan fingerprint density at radius 3 is 2.87 bits per heavy atom. The Morgan fingerprint density at radius 1 is 1.40 bits per heavy atom. The zero-order valence-electron chi connectivity index (χ0n) is 8.83. The summed E-state index contributed by atoms with van der Waals surface area (Å²) in [4.78, 5) is 0. The summed E-state index contributed by atoms with van der Waals surface area (Å²) in [6.07, 6.45) is 2.81. The van der Waals surface area contributed by atoms with Crippen LogP contribution in [0.4, 0.5) is 5.69 Å². The van der Waals surface area contributed by atoms with Gasteiger partial charge in [-0.25, -0.2) is 0 Å². The molecule has 1 aromatic carbocycles. The molecule has 0 aromatic heterocycles. The molecule has 0 amide bonds. The molecule has 2 rings (SSSR count). The molecule has 1 aliphatic carbocycles.